The van der Waals surface area contributed by atoms with E-state index in [-0.39, 0.29) is 11.9 Å². The molecule has 1 aromatic carbocycles. The van der Waals surface area contributed by atoms with Gasteiger partial charge in [-0.25, -0.2) is 0 Å². The van der Waals surface area contributed by atoms with Gasteiger partial charge in [0, 0.05) is 24.2 Å². The Hall–Kier alpha value is -2.74. The van der Waals surface area contributed by atoms with Crippen LogP contribution in [0.25, 0.3) is 11.3 Å². The predicted molar refractivity (Wildman–Crippen MR) is 108 cm³/mol. The van der Waals surface area contributed by atoms with E-state index in [0.717, 1.165) is 36.2 Å². The molecule has 1 aliphatic heterocycles. The Labute approximate surface area is 171 Å². The molecule has 0 aliphatic carbocycles. The van der Waals surface area contributed by atoms with Crippen molar-refractivity contribution in [1.82, 2.24) is 15.1 Å². The number of esters is 1. The summed E-state index contributed by atoms with van der Waals surface area (Å²) in [7, 11) is 4.77. The van der Waals surface area contributed by atoms with Crippen molar-refractivity contribution < 1.29 is 23.7 Å². The van der Waals surface area contributed by atoms with E-state index in [1.165, 1.54) is 0 Å². The summed E-state index contributed by atoms with van der Waals surface area (Å²) < 4.78 is 21.6. The summed E-state index contributed by atoms with van der Waals surface area (Å²) in [5, 5.41) is 7.33. The minimum absolute atomic E-state index is 0.0692. The lowest BCUT2D eigenvalue weighted by Gasteiger charge is -2.31. The minimum atomic E-state index is -0.103. The quantitative estimate of drug-likeness (QED) is 0.678. The van der Waals surface area contributed by atoms with Gasteiger partial charge in [-0.2, -0.15) is 5.10 Å². The van der Waals surface area contributed by atoms with Gasteiger partial charge in [-0.15, -0.1) is 0 Å². The van der Waals surface area contributed by atoms with Crippen molar-refractivity contribution in [3.8, 4) is 28.5 Å². The third-order valence-electron chi connectivity index (χ3n) is 5.19. The topological polar surface area (TPSA) is 85.9 Å². The SMILES string of the molecule is CCOC(=O)[C@H]1CCCN(Cc2cn[nH]c2-c2cc(OC)c(OC)c(OC)c2)C1. The Morgan fingerprint density at radius 1 is 1.21 bits per heavy atom. The van der Waals surface area contributed by atoms with Crippen LogP contribution in [0.15, 0.2) is 18.3 Å². The molecule has 158 valence electrons. The Bertz CT molecular complexity index is 810. The second kappa shape index (κ2) is 9.65. The molecule has 1 aliphatic rings. The molecule has 0 bridgehead atoms. The van der Waals surface area contributed by atoms with Crippen LogP contribution < -0.4 is 14.2 Å². The van der Waals surface area contributed by atoms with Crippen molar-refractivity contribution in [3.05, 3.63) is 23.9 Å². The Balaban J connectivity index is 1.82. The van der Waals surface area contributed by atoms with Crippen molar-refractivity contribution in [2.24, 2.45) is 5.92 Å². The number of hydrogen-bond acceptors (Lipinski definition) is 7. The third-order valence-corrected chi connectivity index (χ3v) is 5.19. The van der Waals surface area contributed by atoms with Gasteiger partial charge >= 0.3 is 5.97 Å². The predicted octanol–water partition coefficient (Wildman–Crippen LogP) is 2.88. The summed E-state index contributed by atoms with van der Waals surface area (Å²) in [4.78, 5) is 14.4. The number of likely N-dealkylation sites (tertiary alicyclic amines) is 1. The van der Waals surface area contributed by atoms with Crippen LogP contribution in [0.3, 0.4) is 0 Å². The Morgan fingerprint density at radius 2 is 1.93 bits per heavy atom. The molecule has 1 fully saturated rings. The number of nitrogens with zero attached hydrogens (tertiary/aromatic N) is 2. The number of hydrogen-bond donors (Lipinski definition) is 1. The number of aromatic amines is 1. The molecular formula is C21H29N3O5. The molecule has 0 spiro atoms. The van der Waals surface area contributed by atoms with Crippen molar-refractivity contribution in [2.75, 3.05) is 41.0 Å². The van der Waals surface area contributed by atoms with E-state index in [9.17, 15) is 4.79 Å². The number of piperidine rings is 1. The normalized spacial score (nSPS) is 17.0. The number of aromatic nitrogens is 2. The molecule has 3 rings (SSSR count). The molecule has 2 aromatic rings. The van der Waals surface area contributed by atoms with Gasteiger partial charge in [-0.1, -0.05) is 0 Å². The van der Waals surface area contributed by atoms with Crippen molar-refractivity contribution in [3.63, 3.8) is 0 Å². The number of ether oxygens (including phenoxy) is 4. The first-order chi connectivity index (χ1) is 14.1. The smallest absolute Gasteiger partial charge is 0.310 e. The zero-order valence-electron chi connectivity index (χ0n) is 17.5. The highest BCUT2D eigenvalue weighted by atomic mass is 16.5. The summed E-state index contributed by atoms with van der Waals surface area (Å²) in [5.74, 6) is 1.55. The van der Waals surface area contributed by atoms with E-state index in [1.54, 1.807) is 21.3 Å². The van der Waals surface area contributed by atoms with Crippen LogP contribution >= 0.6 is 0 Å². The van der Waals surface area contributed by atoms with Gasteiger partial charge in [0.15, 0.2) is 11.5 Å². The molecule has 1 saturated heterocycles. The minimum Gasteiger partial charge on any atom is -0.493 e. The number of carbonyl (C=O) groups is 1. The lowest BCUT2D eigenvalue weighted by molar-refractivity contribution is -0.150. The molecule has 0 amide bonds. The summed E-state index contributed by atoms with van der Waals surface area (Å²) in [6.07, 6.45) is 3.67. The maximum atomic E-state index is 12.1. The fraction of sp³-hybridized carbons (Fsp3) is 0.524. The van der Waals surface area contributed by atoms with Crippen molar-refractivity contribution in [1.29, 1.82) is 0 Å². The van der Waals surface area contributed by atoms with Gasteiger partial charge in [0.2, 0.25) is 5.75 Å². The molecule has 2 heterocycles. The highest BCUT2D eigenvalue weighted by molar-refractivity contribution is 5.73. The molecule has 0 radical (unpaired) electrons. The summed E-state index contributed by atoms with van der Waals surface area (Å²) in [6, 6.07) is 3.80. The van der Waals surface area contributed by atoms with Gasteiger partial charge in [-0.05, 0) is 38.4 Å². The number of methoxy groups -OCH3 is 3. The fourth-order valence-corrected chi connectivity index (χ4v) is 3.80. The average molecular weight is 403 g/mol. The highest BCUT2D eigenvalue weighted by Gasteiger charge is 2.27. The second-order valence-corrected chi connectivity index (χ2v) is 7.01. The lowest BCUT2D eigenvalue weighted by atomic mass is 9.97. The second-order valence-electron chi connectivity index (χ2n) is 7.01. The average Bonchev–Trinajstić information content (AvgIpc) is 3.21. The third kappa shape index (κ3) is 4.64. The zero-order chi connectivity index (χ0) is 20.8. The van der Waals surface area contributed by atoms with Crippen molar-refractivity contribution in [2.45, 2.75) is 26.3 Å². The van der Waals surface area contributed by atoms with Crippen LogP contribution in [-0.2, 0) is 16.1 Å². The standard InChI is InChI=1S/C21H29N3O5/c1-5-29-21(25)14-7-6-8-24(12-14)13-16-11-22-23-19(16)15-9-17(26-2)20(28-4)18(10-15)27-3/h9-11,14H,5-8,12-13H2,1-4H3,(H,22,23)/t14-/m0/s1. The van der Waals surface area contributed by atoms with Gasteiger partial charge in [-0.3, -0.25) is 14.8 Å². The molecule has 8 heteroatoms. The van der Waals surface area contributed by atoms with Crippen LogP contribution in [0.2, 0.25) is 0 Å². The largest absolute Gasteiger partial charge is 0.493 e. The fourth-order valence-electron chi connectivity index (χ4n) is 3.80. The van der Waals surface area contributed by atoms with E-state index < -0.39 is 0 Å². The molecule has 1 aromatic heterocycles. The van der Waals surface area contributed by atoms with Crippen LogP contribution in [0, 0.1) is 5.92 Å². The molecule has 29 heavy (non-hydrogen) atoms. The zero-order valence-corrected chi connectivity index (χ0v) is 17.5. The van der Waals surface area contributed by atoms with Gasteiger partial charge in [0.05, 0.1) is 45.7 Å². The van der Waals surface area contributed by atoms with E-state index >= 15 is 0 Å². The first kappa shape index (κ1) is 21.0. The maximum absolute atomic E-state index is 12.1. The number of H-pyrrole nitrogens is 1. The first-order valence-electron chi connectivity index (χ1n) is 9.82. The van der Waals surface area contributed by atoms with E-state index in [1.807, 2.05) is 25.3 Å². The number of rotatable bonds is 8. The van der Waals surface area contributed by atoms with Gasteiger partial charge < -0.3 is 18.9 Å². The molecule has 8 nitrogen and oxygen atoms in total. The molecule has 0 saturated carbocycles. The van der Waals surface area contributed by atoms with Crippen LogP contribution in [0.4, 0.5) is 0 Å². The Kier molecular flexibility index (Phi) is 6.98. The van der Waals surface area contributed by atoms with Gasteiger partial charge in [0.1, 0.15) is 0 Å². The first-order valence-corrected chi connectivity index (χ1v) is 9.82. The van der Waals surface area contributed by atoms with Crippen LogP contribution in [0.1, 0.15) is 25.3 Å². The summed E-state index contributed by atoms with van der Waals surface area (Å²) >= 11 is 0. The maximum Gasteiger partial charge on any atom is 0.310 e. The van der Waals surface area contributed by atoms with E-state index in [2.05, 4.69) is 15.1 Å². The lowest BCUT2D eigenvalue weighted by Crippen LogP contribution is -2.38. The van der Waals surface area contributed by atoms with Gasteiger partial charge in [0.25, 0.3) is 0 Å². The summed E-state index contributed by atoms with van der Waals surface area (Å²) in [6.45, 7) is 4.59. The molecular weight excluding hydrogens is 374 g/mol. The molecule has 1 atom stereocenters. The van der Waals surface area contributed by atoms with Crippen molar-refractivity contribution >= 4 is 5.97 Å². The highest BCUT2D eigenvalue weighted by Crippen LogP contribution is 2.41. The molecule has 1 N–H and O–H groups in total. The van der Waals surface area contributed by atoms with Crippen LogP contribution in [0.5, 0.6) is 17.2 Å². The number of nitrogens with one attached hydrogen (secondary N) is 1. The van der Waals surface area contributed by atoms with E-state index in [4.69, 9.17) is 18.9 Å². The van der Waals surface area contributed by atoms with E-state index in [0.29, 0.717) is 36.9 Å². The van der Waals surface area contributed by atoms with Crippen LogP contribution in [-0.4, -0.2) is 62.1 Å². The number of benzene rings is 1. The molecule has 0 unspecified atom stereocenters. The summed E-state index contributed by atoms with van der Waals surface area (Å²) in [5.41, 5.74) is 2.83. The monoisotopic (exact) mass is 403 g/mol. The Morgan fingerprint density at radius 3 is 2.55 bits per heavy atom. The number of carbonyl (C=O) groups excluding carboxylic acids is 1.